The van der Waals surface area contributed by atoms with Crippen LogP contribution >= 0.6 is 0 Å². The van der Waals surface area contributed by atoms with Gasteiger partial charge in [-0.2, -0.15) is 0 Å². The number of β-lactam (4-membered cyclic amide) rings is 1. The molecule has 1 heterocycles. The first-order chi connectivity index (χ1) is 7.07. The van der Waals surface area contributed by atoms with Crippen LogP contribution in [-0.2, 0) is 14.4 Å². The van der Waals surface area contributed by atoms with Crippen molar-refractivity contribution in [1.29, 1.82) is 0 Å². The first kappa shape index (κ1) is 11.2. The van der Waals surface area contributed by atoms with Crippen LogP contribution in [0.3, 0.4) is 0 Å². The number of carboxylic acids is 1. The van der Waals surface area contributed by atoms with Crippen molar-refractivity contribution in [2.24, 2.45) is 10.8 Å². The van der Waals surface area contributed by atoms with E-state index in [4.69, 9.17) is 16.4 Å². The molecular formula is C6H9N5O4. The summed E-state index contributed by atoms with van der Waals surface area (Å²) < 4.78 is 0. The van der Waals surface area contributed by atoms with Gasteiger partial charge < -0.3 is 10.8 Å². The van der Waals surface area contributed by atoms with Crippen LogP contribution < -0.4 is 5.73 Å². The highest BCUT2D eigenvalue weighted by Gasteiger charge is 2.46. The minimum Gasteiger partial charge on any atom is -0.479 e. The molecule has 1 aliphatic rings. The summed E-state index contributed by atoms with van der Waals surface area (Å²) >= 11 is 0. The van der Waals surface area contributed by atoms with Gasteiger partial charge in [0.15, 0.2) is 6.61 Å². The largest absolute Gasteiger partial charge is 0.479 e. The molecule has 0 aromatic carbocycles. The zero-order chi connectivity index (χ0) is 11.4. The standard InChI is InChI=1S/C6H9N5O4/c7-5-3(1-9-10-8)11(6(5)14)15-2-4(12)13/h3,5H,1-2,7H2,(H,12,13)/t3-,5-/m1/s1. The van der Waals surface area contributed by atoms with Crippen LogP contribution in [-0.4, -0.2) is 47.3 Å². The van der Waals surface area contributed by atoms with Crippen LogP contribution in [0, 0.1) is 0 Å². The summed E-state index contributed by atoms with van der Waals surface area (Å²) in [5, 5.41) is 12.4. The third-order valence-electron chi connectivity index (χ3n) is 1.88. The van der Waals surface area contributed by atoms with Gasteiger partial charge in [-0.15, -0.1) is 0 Å². The number of nitrogens with two attached hydrogens (primary N) is 1. The molecule has 0 aromatic heterocycles. The summed E-state index contributed by atoms with van der Waals surface area (Å²) in [6.07, 6.45) is 0. The molecule has 1 amide bonds. The van der Waals surface area contributed by atoms with Gasteiger partial charge in [0.25, 0.3) is 5.91 Å². The molecule has 9 heteroatoms. The highest BCUT2D eigenvalue weighted by atomic mass is 16.7. The van der Waals surface area contributed by atoms with E-state index in [-0.39, 0.29) is 6.54 Å². The smallest absolute Gasteiger partial charge is 0.332 e. The lowest BCUT2D eigenvalue weighted by Gasteiger charge is -2.42. The number of carboxylic acid groups (broad SMARTS) is 1. The molecular weight excluding hydrogens is 206 g/mol. The fourth-order valence-electron chi connectivity index (χ4n) is 1.13. The van der Waals surface area contributed by atoms with Crippen LogP contribution in [0.1, 0.15) is 0 Å². The van der Waals surface area contributed by atoms with Gasteiger partial charge in [0.05, 0.1) is 12.6 Å². The Hall–Kier alpha value is -1.83. The fraction of sp³-hybridized carbons (Fsp3) is 0.667. The van der Waals surface area contributed by atoms with Crippen molar-refractivity contribution in [2.75, 3.05) is 13.2 Å². The number of amides is 1. The Morgan fingerprint density at radius 3 is 3.00 bits per heavy atom. The van der Waals surface area contributed by atoms with Crippen molar-refractivity contribution in [3.63, 3.8) is 0 Å². The molecule has 0 radical (unpaired) electrons. The normalized spacial score (nSPS) is 24.3. The van der Waals surface area contributed by atoms with E-state index in [1.54, 1.807) is 0 Å². The summed E-state index contributed by atoms with van der Waals surface area (Å²) in [6.45, 7) is -0.672. The second-order valence-corrected chi connectivity index (χ2v) is 2.84. The Morgan fingerprint density at radius 2 is 2.47 bits per heavy atom. The molecule has 1 rings (SSSR count). The summed E-state index contributed by atoms with van der Waals surface area (Å²) in [5.41, 5.74) is 13.5. The Morgan fingerprint density at radius 1 is 1.80 bits per heavy atom. The predicted octanol–water partition coefficient (Wildman–Crippen LogP) is -1.15. The average molecular weight is 215 g/mol. The highest BCUT2D eigenvalue weighted by Crippen LogP contribution is 2.18. The zero-order valence-corrected chi connectivity index (χ0v) is 7.61. The Labute approximate surface area is 84.0 Å². The predicted molar refractivity (Wildman–Crippen MR) is 46.2 cm³/mol. The third-order valence-corrected chi connectivity index (χ3v) is 1.88. The van der Waals surface area contributed by atoms with Gasteiger partial charge in [-0.25, -0.2) is 9.86 Å². The van der Waals surface area contributed by atoms with E-state index in [1.807, 2.05) is 0 Å². The van der Waals surface area contributed by atoms with Gasteiger partial charge in [0.2, 0.25) is 0 Å². The molecule has 1 fully saturated rings. The van der Waals surface area contributed by atoms with Crippen molar-refractivity contribution in [2.45, 2.75) is 12.1 Å². The van der Waals surface area contributed by atoms with Crippen LogP contribution in [0.5, 0.6) is 0 Å². The molecule has 0 unspecified atom stereocenters. The van der Waals surface area contributed by atoms with Crippen molar-refractivity contribution in [3.05, 3.63) is 10.4 Å². The first-order valence-electron chi connectivity index (χ1n) is 4.02. The molecule has 82 valence electrons. The van der Waals surface area contributed by atoms with E-state index < -0.39 is 30.6 Å². The molecule has 1 saturated heterocycles. The Kier molecular flexibility index (Phi) is 3.45. The topological polar surface area (TPSA) is 142 Å². The number of hydrogen-bond donors (Lipinski definition) is 2. The lowest BCUT2D eigenvalue weighted by Crippen LogP contribution is -2.69. The Bertz CT molecular complexity index is 325. The van der Waals surface area contributed by atoms with Gasteiger partial charge in [0.1, 0.15) is 6.04 Å². The van der Waals surface area contributed by atoms with E-state index in [9.17, 15) is 9.59 Å². The summed E-state index contributed by atoms with van der Waals surface area (Å²) in [6, 6.07) is -1.39. The molecule has 0 saturated carbocycles. The molecule has 2 atom stereocenters. The lowest BCUT2D eigenvalue weighted by atomic mass is 10.00. The quantitative estimate of drug-likeness (QED) is 0.257. The minimum absolute atomic E-state index is 0.0387. The maximum absolute atomic E-state index is 11.1. The van der Waals surface area contributed by atoms with Crippen molar-refractivity contribution >= 4 is 11.9 Å². The van der Waals surface area contributed by atoms with Crippen LogP contribution in [0.4, 0.5) is 0 Å². The number of azide groups is 1. The first-order valence-corrected chi connectivity index (χ1v) is 4.02. The lowest BCUT2D eigenvalue weighted by molar-refractivity contribution is -0.232. The van der Waals surface area contributed by atoms with Crippen molar-refractivity contribution in [3.8, 4) is 0 Å². The maximum Gasteiger partial charge on any atom is 0.332 e. The van der Waals surface area contributed by atoms with Crippen molar-refractivity contribution < 1.29 is 19.5 Å². The maximum atomic E-state index is 11.1. The van der Waals surface area contributed by atoms with Gasteiger partial charge in [-0.05, 0) is 5.53 Å². The number of hydrogen-bond acceptors (Lipinski definition) is 5. The highest BCUT2D eigenvalue weighted by molar-refractivity contribution is 5.88. The van der Waals surface area contributed by atoms with Gasteiger partial charge in [-0.3, -0.25) is 9.63 Å². The van der Waals surface area contributed by atoms with Crippen molar-refractivity contribution in [1.82, 2.24) is 5.06 Å². The second kappa shape index (κ2) is 4.60. The summed E-state index contributed by atoms with van der Waals surface area (Å²) in [4.78, 5) is 28.4. The molecule has 15 heavy (non-hydrogen) atoms. The fourth-order valence-corrected chi connectivity index (χ4v) is 1.13. The van der Waals surface area contributed by atoms with Crippen LogP contribution in [0.2, 0.25) is 0 Å². The number of rotatable bonds is 5. The number of carbonyl (C=O) groups excluding carboxylic acids is 1. The van der Waals surface area contributed by atoms with E-state index in [1.165, 1.54) is 0 Å². The van der Waals surface area contributed by atoms with E-state index >= 15 is 0 Å². The summed E-state index contributed by atoms with van der Waals surface area (Å²) in [5.74, 6) is -1.72. The van der Waals surface area contributed by atoms with Gasteiger partial charge in [0, 0.05) is 4.91 Å². The van der Waals surface area contributed by atoms with E-state index in [0.29, 0.717) is 0 Å². The molecule has 0 aliphatic carbocycles. The molecule has 0 bridgehead atoms. The van der Waals surface area contributed by atoms with E-state index in [0.717, 1.165) is 5.06 Å². The molecule has 9 nitrogen and oxygen atoms in total. The van der Waals surface area contributed by atoms with Gasteiger partial charge >= 0.3 is 5.97 Å². The third kappa shape index (κ3) is 2.34. The molecule has 1 aliphatic heterocycles. The molecule has 0 aromatic rings. The zero-order valence-electron chi connectivity index (χ0n) is 7.61. The number of hydroxylamine groups is 2. The van der Waals surface area contributed by atoms with Crippen LogP contribution in [0.15, 0.2) is 5.11 Å². The average Bonchev–Trinajstić information content (AvgIpc) is 2.21. The van der Waals surface area contributed by atoms with Gasteiger partial charge in [-0.1, -0.05) is 5.11 Å². The number of carbonyl (C=O) groups is 2. The number of nitrogens with zero attached hydrogens (tertiary/aromatic N) is 4. The monoisotopic (exact) mass is 215 g/mol. The Balaban J connectivity index is 2.50. The minimum atomic E-state index is -1.20. The number of aliphatic carboxylic acids is 1. The SMILES string of the molecule is [N-]=[N+]=NC[C@@H]1[C@@H](N)C(=O)N1OCC(=O)O. The molecule has 3 N–H and O–H groups in total. The van der Waals surface area contributed by atoms with E-state index in [2.05, 4.69) is 14.9 Å². The second-order valence-electron chi connectivity index (χ2n) is 2.84. The summed E-state index contributed by atoms with van der Waals surface area (Å²) in [7, 11) is 0. The molecule has 0 spiro atoms. The van der Waals surface area contributed by atoms with Crippen LogP contribution in [0.25, 0.3) is 10.4 Å².